The number of nitrogens with one attached hydrogen (secondary N) is 1. The lowest BCUT2D eigenvalue weighted by Gasteiger charge is -2.16. The molecule has 0 aliphatic heterocycles. The van der Waals surface area contributed by atoms with E-state index in [4.69, 9.17) is 9.47 Å². The smallest absolute Gasteiger partial charge is 0.330 e. The Hall–Kier alpha value is -2.39. The standard InChI is InChI=1S/C21H30N2O6S/c1-4-17(3)29-19-8-5-7-18(13-19)16(2)14-30(26,27)12-6-11-28-15-23-10-9-20(24)22-21(23)25/h5,7-10,13,16-17H,4,6,11-12,14-15H2,1-3H3,(H,22,24,25)/t16-,17-/m0/s1. The zero-order valence-electron chi connectivity index (χ0n) is 17.7. The van der Waals surface area contributed by atoms with Gasteiger partial charge in [0.2, 0.25) is 0 Å². The van der Waals surface area contributed by atoms with E-state index < -0.39 is 21.1 Å². The summed E-state index contributed by atoms with van der Waals surface area (Å²) in [4.78, 5) is 24.7. The summed E-state index contributed by atoms with van der Waals surface area (Å²) >= 11 is 0. The third kappa shape index (κ3) is 7.79. The van der Waals surface area contributed by atoms with Crippen molar-refractivity contribution in [1.29, 1.82) is 0 Å². The van der Waals surface area contributed by atoms with Crippen LogP contribution in [0.1, 0.15) is 45.1 Å². The van der Waals surface area contributed by atoms with Gasteiger partial charge in [0.15, 0.2) is 9.84 Å². The Morgan fingerprint density at radius 2 is 1.93 bits per heavy atom. The molecule has 0 aliphatic rings. The van der Waals surface area contributed by atoms with Crippen LogP contribution in [0.15, 0.2) is 46.1 Å². The Kier molecular flexibility index (Phi) is 8.86. The average Bonchev–Trinajstić information content (AvgIpc) is 2.69. The molecule has 0 amide bonds. The molecule has 1 aromatic heterocycles. The molecule has 0 bridgehead atoms. The summed E-state index contributed by atoms with van der Waals surface area (Å²) in [5.41, 5.74) is -0.120. The zero-order valence-corrected chi connectivity index (χ0v) is 18.5. The summed E-state index contributed by atoms with van der Waals surface area (Å²) in [6, 6.07) is 8.79. The molecule has 2 atom stereocenters. The molecule has 8 nitrogen and oxygen atoms in total. The largest absolute Gasteiger partial charge is 0.491 e. The van der Waals surface area contributed by atoms with Crippen LogP contribution in [-0.2, 0) is 21.3 Å². The van der Waals surface area contributed by atoms with Crippen LogP contribution in [0.2, 0.25) is 0 Å². The highest BCUT2D eigenvalue weighted by molar-refractivity contribution is 7.91. The predicted octanol–water partition coefficient (Wildman–Crippen LogP) is 2.30. The Morgan fingerprint density at radius 1 is 1.17 bits per heavy atom. The van der Waals surface area contributed by atoms with E-state index in [1.165, 1.54) is 16.8 Å². The summed E-state index contributed by atoms with van der Waals surface area (Å²) in [6.07, 6.45) is 2.65. The van der Waals surface area contributed by atoms with Crippen LogP contribution >= 0.6 is 0 Å². The molecule has 2 rings (SSSR count). The molecule has 2 aromatic rings. The first-order chi connectivity index (χ1) is 14.2. The Labute approximate surface area is 176 Å². The van der Waals surface area contributed by atoms with Gasteiger partial charge in [0.1, 0.15) is 12.5 Å². The first-order valence-corrected chi connectivity index (χ1v) is 11.9. The molecule has 1 N–H and O–H groups in total. The first kappa shape index (κ1) is 23.9. The minimum Gasteiger partial charge on any atom is -0.491 e. The summed E-state index contributed by atoms with van der Waals surface area (Å²) in [6.45, 7) is 6.08. The molecule has 166 valence electrons. The van der Waals surface area contributed by atoms with Gasteiger partial charge in [-0.05, 0) is 43.4 Å². The van der Waals surface area contributed by atoms with E-state index in [2.05, 4.69) is 4.98 Å². The second kappa shape index (κ2) is 11.1. The van der Waals surface area contributed by atoms with Gasteiger partial charge < -0.3 is 9.47 Å². The number of hydrogen-bond acceptors (Lipinski definition) is 6. The van der Waals surface area contributed by atoms with Gasteiger partial charge in [0.25, 0.3) is 5.56 Å². The monoisotopic (exact) mass is 438 g/mol. The number of nitrogens with zero attached hydrogens (tertiary/aromatic N) is 1. The maximum atomic E-state index is 12.5. The van der Waals surface area contributed by atoms with Crippen molar-refractivity contribution in [3.63, 3.8) is 0 Å². The number of ether oxygens (including phenoxy) is 2. The van der Waals surface area contributed by atoms with E-state index in [9.17, 15) is 18.0 Å². The van der Waals surface area contributed by atoms with Crippen LogP contribution in [0, 0.1) is 0 Å². The lowest BCUT2D eigenvalue weighted by molar-refractivity contribution is 0.0745. The number of aromatic nitrogens is 2. The molecule has 0 aliphatic carbocycles. The summed E-state index contributed by atoms with van der Waals surface area (Å²) in [5.74, 6) is 0.633. The average molecular weight is 439 g/mol. The van der Waals surface area contributed by atoms with Gasteiger partial charge in [-0.3, -0.25) is 14.3 Å². The maximum Gasteiger partial charge on any atom is 0.330 e. The lowest BCUT2D eigenvalue weighted by Crippen LogP contribution is -2.29. The van der Waals surface area contributed by atoms with Crippen molar-refractivity contribution in [2.75, 3.05) is 18.1 Å². The number of H-pyrrole nitrogens is 1. The van der Waals surface area contributed by atoms with Gasteiger partial charge in [0, 0.05) is 18.9 Å². The lowest BCUT2D eigenvalue weighted by atomic mass is 10.0. The molecule has 1 heterocycles. The fraction of sp³-hybridized carbons (Fsp3) is 0.524. The molecule has 30 heavy (non-hydrogen) atoms. The van der Waals surface area contributed by atoms with E-state index >= 15 is 0 Å². The van der Waals surface area contributed by atoms with E-state index in [1.807, 2.05) is 45.0 Å². The van der Waals surface area contributed by atoms with Crippen LogP contribution in [0.3, 0.4) is 0 Å². The predicted molar refractivity (Wildman–Crippen MR) is 116 cm³/mol. The van der Waals surface area contributed by atoms with E-state index in [1.54, 1.807) is 0 Å². The minimum atomic E-state index is -3.27. The van der Waals surface area contributed by atoms with E-state index in [-0.39, 0.29) is 36.9 Å². The van der Waals surface area contributed by atoms with Crippen molar-refractivity contribution < 1.29 is 17.9 Å². The van der Waals surface area contributed by atoms with E-state index in [0.29, 0.717) is 6.42 Å². The molecule has 1 aromatic carbocycles. The Balaban J connectivity index is 1.81. The molecule has 0 spiro atoms. The third-order valence-electron chi connectivity index (χ3n) is 4.71. The van der Waals surface area contributed by atoms with Crippen LogP contribution in [0.25, 0.3) is 0 Å². The Bertz CT molecular complexity index is 1030. The molecule has 0 radical (unpaired) electrons. The van der Waals surface area contributed by atoms with Crippen LogP contribution < -0.4 is 16.0 Å². The van der Waals surface area contributed by atoms with Crippen molar-refractivity contribution in [3.05, 3.63) is 62.9 Å². The highest BCUT2D eigenvalue weighted by Crippen LogP contribution is 2.23. The van der Waals surface area contributed by atoms with Gasteiger partial charge in [-0.25, -0.2) is 13.2 Å². The number of rotatable bonds is 12. The molecule has 0 unspecified atom stereocenters. The van der Waals surface area contributed by atoms with Gasteiger partial charge in [-0.15, -0.1) is 0 Å². The van der Waals surface area contributed by atoms with Crippen molar-refractivity contribution in [1.82, 2.24) is 9.55 Å². The quantitative estimate of drug-likeness (QED) is 0.510. The molecule has 0 fully saturated rings. The number of benzene rings is 1. The zero-order chi connectivity index (χ0) is 22.1. The Morgan fingerprint density at radius 3 is 2.63 bits per heavy atom. The van der Waals surface area contributed by atoms with Crippen molar-refractivity contribution in [3.8, 4) is 5.75 Å². The van der Waals surface area contributed by atoms with Gasteiger partial charge in [0.05, 0.1) is 17.6 Å². The summed E-state index contributed by atoms with van der Waals surface area (Å²) < 4.78 is 37.3. The second-order valence-electron chi connectivity index (χ2n) is 7.40. The fourth-order valence-electron chi connectivity index (χ4n) is 2.86. The molecule has 0 saturated carbocycles. The number of hydrogen-bond donors (Lipinski definition) is 1. The van der Waals surface area contributed by atoms with Gasteiger partial charge in [-0.1, -0.05) is 26.0 Å². The normalized spacial score (nSPS) is 13.7. The maximum absolute atomic E-state index is 12.5. The van der Waals surface area contributed by atoms with Gasteiger partial charge >= 0.3 is 5.69 Å². The topological polar surface area (TPSA) is 107 Å². The minimum absolute atomic E-state index is 0.000914. The SMILES string of the molecule is CC[C@H](C)Oc1cccc([C@@H](C)CS(=O)(=O)CCCOCn2ccc(=O)[nH]c2=O)c1. The molecule has 9 heteroatoms. The number of aromatic amines is 1. The van der Waals surface area contributed by atoms with Crippen LogP contribution in [-0.4, -0.2) is 42.2 Å². The van der Waals surface area contributed by atoms with Crippen LogP contribution in [0.5, 0.6) is 5.75 Å². The highest BCUT2D eigenvalue weighted by Gasteiger charge is 2.18. The first-order valence-electron chi connectivity index (χ1n) is 10.0. The molecular formula is C21H30N2O6S. The highest BCUT2D eigenvalue weighted by atomic mass is 32.2. The molecule has 0 saturated heterocycles. The fourth-order valence-corrected chi connectivity index (χ4v) is 4.54. The van der Waals surface area contributed by atoms with Crippen molar-refractivity contribution in [2.45, 2.75) is 52.4 Å². The van der Waals surface area contributed by atoms with Gasteiger partial charge in [-0.2, -0.15) is 0 Å². The summed E-state index contributed by atoms with van der Waals surface area (Å²) in [5, 5.41) is 0. The number of sulfone groups is 1. The second-order valence-corrected chi connectivity index (χ2v) is 9.62. The summed E-state index contributed by atoms with van der Waals surface area (Å²) in [7, 11) is -3.27. The van der Waals surface area contributed by atoms with Crippen molar-refractivity contribution >= 4 is 9.84 Å². The third-order valence-corrected chi connectivity index (χ3v) is 6.63. The van der Waals surface area contributed by atoms with Crippen LogP contribution in [0.4, 0.5) is 0 Å². The van der Waals surface area contributed by atoms with E-state index in [0.717, 1.165) is 17.7 Å². The molecular weight excluding hydrogens is 408 g/mol. The van der Waals surface area contributed by atoms with Crippen molar-refractivity contribution in [2.24, 2.45) is 0 Å².